The van der Waals surface area contributed by atoms with Gasteiger partial charge in [-0.15, -0.1) is 0 Å². The number of amides is 1. The lowest BCUT2D eigenvalue weighted by Gasteiger charge is -2.31. The second kappa shape index (κ2) is 6.02. The van der Waals surface area contributed by atoms with Gasteiger partial charge in [0.1, 0.15) is 5.54 Å². The number of methoxy groups -OCH3 is 1. The molecule has 0 unspecified atom stereocenters. The van der Waals surface area contributed by atoms with Crippen LogP contribution in [0.5, 0.6) is 0 Å². The van der Waals surface area contributed by atoms with Crippen LogP contribution in [0.25, 0.3) is 0 Å². The van der Waals surface area contributed by atoms with Crippen molar-refractivity contribution < 1.29 is 19.1 Å². The molecule has 2 rings (SSSR count). The molecule has 6 heteroatoms. The van der Waals surface area contributed by atoms with Gasteiger partial charge in [0.2, 0.25) is 5.91 Å². The van der Waals surface area contributed by atoms with Crippen molar-refractivity contribution in [1.82, 2.24) is 0 Å². The Labute approximate surface area is 117 Å². The number of anilines is 1. The van der Waals surface area contributed by atoms with Gasteiger partial charge in [-0.05, 0) is 37.1 Å². The van der Waals surface area contributed by atoms with Gasteiger partial charge < -0.3 is 20.5 Å². The van der Waals surface area contributed by atoms with E-state index in [1.807, 2.05) is 0 Å². The lowest BCUT2D eigenvalue weighted by atomic mass is 9.90. The van der Waals surface area contributed by atoms with E-state index in [1.54, 1.807) is 24.3 Å². The van der Waals surface area contributed by atoms with E-state index in [0.29, 0.717) is 37.3 Å². The summed E-state index contributed by atoms with van der Waals surface area (Å²) in [6.45, 7) is 0.983. The van der Waals surface area contributed by atoms with E-state index in [2.05, 4.69) is 10.1 Å². The quantitative estimate of drug-likeness (QED) is 0.802. The summed E-state index contributed by atoms with van der Waals surface area (Å²) in [5.74, 6) is -0.644. The molecule has 1 fully saturated rings. The number of hydrogen-bond acceptors (Lipinski definition) is 5. The molecule has 0 atom stereocenters. The predicted molar refractivity (Wildman–Crippen MR) is 73.4 cm³/mol. The largest absolute Gasteiger partial charge is 0.465 e. The molecule has 1 aliphatic heterocycles. The first-order valence-corrected chi connectivity index (χ1v) is 6.42. The van der Waals surface area contributed by atoms with Crippen molar-refractivity contribution in [2.75, 3.05) is 25.6 Å². The SMILES string of the molecule is COC(=O)c1ccc(NC(=O)C2(N)CCOCC2)cc1. The number of benzene rings is 1. The highest BCUT2D eigenvalue weighted by Crippen LogP contribution is 2.20. The fourth-order valence-electron chi connectivity index (χ4n) is 2.03. The average Bonchev–Trinajstić information content (AvgIpc) is 2.48. The van der Waals surface area contributed by atoms with E-state index in [9.17, 15) is 9.59 Å². The van der Waals surface area contributed by atoms with Crippen LogP contribution in [0, 0.1) is 0 Å². The number of nitrogens with one attached hydrogen (secondary N) is 1. The van der Waals surface area contributed by atoms with Crippen LogP contribution in [0.2, 0.25) is 0 Å². The molecule has 1 aromatic carbocycles. The van der Waals surface area contributed by atoms with E-state index in [0.717, 1.165) is 0 Å². The number of esters is 1. The molecule has 1 aromatic rings. The summed E-state index contributed by atoms with van der Waals surface area (Å²) in [4.78, 5) is 23.5. The first-order valence-electron chi connectivity index (χ1n) is 6.42. The molecule has 0 spiro atoms. The Morgan fingerprint density at radius 1 is 1.25 bits per heavy atom. The van der Waals surface area contributed by atoms with Crippen LogP contribution in [0.15, 0.2) is 24.3 Å². The molecule has 3 N–H and O–H groups in total. The molecule has 20 heavy (non-hydrogen) atoms. The average molecular weight is 278 g/mol. The molecule has 0 bridgehead atoms. The van der Waals surface area contributed by atoms with Crippen LogP contribution in [0.4, 0.5) is 5.69 Å². The maximum atomic E-state index is 12.2. The highest BCUT2D eigenvalue weighted by molar-refractivity contribution is 5.98. The summed E-state index contributed by atoms with van der Waals surface area (Å²) >= 11 is 0. The van der Waals surface area contributed by atoms with E-state index in [-0.39, 0.29) is 5.91 Å². The molecule has 6 nitrogen and oxygen atoms in total. The second-order valence-corrected chi connectivity index (χ2v) is 4.79. The summed E-state index contributed by atoms with van der Waals surface area (Å²) in [7, 11) is 1.32. The minimum absolute atomic E-state index is 0.230. The maximum absolute atomic E-state index is 12.2. The van der Waals surface area contributed by atoms with Crippen LogP contribution in [0.1, 0.15) is 23.2 Å². The molecule has 0 aromatic heterocycles. The number of carbonyl (C=O) groups excluding carboxylic acids is 2. The highest BCUT2D eigenvalue weighted by atomic mass is 16.5. The van der Waals surface area contributed by atoms with Crippen molar-refractivity contribution >= 4 is 17.6 Å². The lowest BCUT2D eigenvalue weighted by molar-refractivity contribution is -0.124. The van der Waals surface area contributed by atoms with Crippen molar-refractivity contribution in [3.8, 4) is 0 Å². The topological polar surface area (TPSA) is 90.7 Å². The predicted octanol–water partition coefficient (Wildman–Crippen LogP) is 0.920. The van der Waals surface area contributed by atoms with Gasteiger partial charge in [-0.2, -0.15) is 0 Å². The van der Waals surface area contributed by atoms with Crippen LogP contribution in [-0.4, -0.2) is 37.7 Å². The second-order valence-electron chi connectivity index (χ2n) is 4.79. The van der Waals surface area contributed by atoms with E-state index in [1.165, 1.54) is 7.11 Å². The third-order valence-corrected chi connectivity index (χ3v) is 3.40. The summed E-state index contributed by atoms with van der Waals surface area (Å²) < 4.78 is 9.82. The normalized spacial score (nSPS) is 17.3. The lowest BCUT2D eigenvalue weighted by Crippen LogP contribution is -2.54. The number of rotatable bonds is 3. The Bertz CT molecular complexity index is 492. The molecule has 0 saturated carbocycles. The Balaban J connectivity index is 2.02. The van der Waals surface area contributed by atoms with E-state index >= 15 is 0 Å². The van der Waals surface area contributed by atoms with Crippen LogP contribution in [0.3, 0.4) is 0 Å². The van der Waals surface area contributed by atoms with E-state index < -0.39 is 11.5 Å². The van der Waals surface area contributed by atoms with Crippen LogP contribution >= 0.6 is 0 Å². The molecule has 0 radical (unpaired) electrons. The summed E-state index contributed by atoms with van der Waals surface area (Å²) in [6, 6.07) is 6.48. The molecule has 108 valence electrons. The fourth-order valence-corrected chi connectivity index (χ4v) is 2.03. The zero-order valence-corrected chi connectivity index (χ0v) is 11.3. The number of hydrogen-bond donors (Lipinski definition) is 2. The Kier molecular flexibility index (Phi) is 4.36. The molecule has 1 saturated heterocycles. The summed E-state index contributed by atoms with van der Waals surface area (Å²) in [5, 5.41) is 2.76. The molecule has 1 heterocycles. The van der Waals surface area contributed by atoms with Gasteiger partial charge in [-0.25, -0.2) is 4.79 Å². The van der Waals surface area contributed by atoms with Crippen molar-refractivity contribution in [2.45, 2.75) is 18.4 Å². The molecule has 1 amide bonds. The van der Waals surface area contributed by atoms with Gasteiger partial charge >= 0.3 is 5.97 Å². The number of carbonyl (C=O) groups is 2. The zero-order valence-electron chi connectivity index (χ0n) is 11.3. The number of ether oxygens (including phenoxy) is 2. The number of nitrogens with two attached hydrogens (primary N) is 1. The van der Waals surface area contributed by atoms with Crippen molar-refractivity contribution in [3.63, 3.8) is 0 Å². The Morgan fingerprint density at radius 3 is 2.40 bits per heavy atom. The molecular formula is C14H18N2O4. The highest BCUT2D eigenvalue weighted by Gasteiger charge is 2.35. The Morgan fingerprint density at radius 2 is 1.85 bits per heavy atom. The Hall–Kier alpha value is -1.92. The smallest absolute Gasteiger partial charge is 0.337 e. The first-order chi connectivity index (χ1) is 9.55. The van der Waals surface area contributed by atoms with Gasteiger partial charge in [-0.3, -0.25) is 4.79 Å². The van der Waals surface area contributed by atoms with Crippen molar-refractivity contribution in [2.24, 2.45) is 5.73 Å². The van der Waals surface area contributed by atoms with Crippen LogP contribution < -0.4 is 11.1 Å². The fraction of sp³-hybridized carbons (Fsp3) is 0.429. The maximum Gasteiger partial charge on any atom is 0.337 e. The third-order valence-electron chi connectivity index (χ3n) is 3.40. The van der Waals surface area contributed by atoms with Gasteiger partial charge in [0, 0.05) is 18.9 Å². The van der Waals surface area contributed by atoms with Crippen molar-refractivity contribution in [1.29, 1.82) is 0 Å². The minimum atomic E-state index is -0.890. The van der Waals surface area contributed by atoms with E-state index in [4.69, 9.17) is 10.5 Å². The molecule has 1 aliphatic rings. The first kappa shape index (κ1) is 14.5. The standard InChI is InChI=1S/C14H18N2O4/c1-19-12(17)10-2-4-11(5-3-10)16-13(18)14(15)6-8-20-9-7-14/h2-5H,6-9,15H2,1H3,(H,16,18). The van der Waals surface area contributed by atoms with Gasteiger partial charge in [0.05, 0.1) is 12.7 Å². The third kappa shape index (κ3) is 3.15. The van der Waals surface area contributed by atoms with Crippen LogP contribution in [-0.2, 0) is 14.3 Å². The zero-order chi connectivity index (χ0) is 14.6. The van der Waals surface area contributed by atoms with Gasteiger partial charge in [-0.1, -0.05) is 0 Å². The summed E-state index contributed by atoms with van der Waals surface area (Å²) in [5.41, 5.74) is 6.22. The molecular weight excluding hydrogens is 260 g/mol. The van der Waals surface area contributed by atoms with Gasteiger partial charge in [0.25, 0.3) is 0 Å². The minimum Gasteiger partial charge on any atom is -0.465 e. The van der Waals surface area contributed by atoms with Gasteiger partial charge in [0.15, 0.2) is 0 Å². The monoisotopic (exact) mass is 278 g/mol. The summed E-state index contributed by atoms with van der Waals surface area (Å²) in [6.07, 6.45) is 0.998. The molecule has 0 aliphatic carbocycles. The van der Waals surface area contributed by atoms with Crippen molar-refractivity contribution in [3.05, 3.63) is 29.8 Å².